The fourth-order valence-electron chi connectivity index (χ4n) is 3.79. The Labute approximate surface area is 156 Å². The summed E-state index contributed by atoms with van der Waals surface area (Å²) >= 11 is 0. The SMILES string of the molecule is NC(=O)CN(C(=O)c1ccc2noc(-c3ccccc3)c2c1)C1CCCC1. The molecule has 138 valence electrons. The van der Waals surface area contributed by atoms with E-state index in [0.29, 0.717) is 16.8 Å². The third kappa shape index (κ3) is 3.43. The number of primary amides is 1. The number of aromatic nitrogens is 1. The number of fused-ring (bicyclic) bond motifs is 1. The van der Waals surface area contributed by atoms with Crippen LogP contribution in [-0.2, 0) is 4.79 Å². The summed E-state index contributed by atoms with van der Waals surface area (Å²) in [6, 6.07) is 15.0. The van der Waals surface area contributed by atoms with Gasteiger partial charge in [0.2, 0.25) is 5.91 Å². The van der Waals surface area contributed by atoms with Crippen LogP contribution in [0.5, 0.6) is 0 Å². The van der Waals surface area contributed by atoms with Crippen molar-refractivity contribution in [2.24, 2.45) is 5.73 Å². The van der Waals surface area contributed by atoms with E-state index >= 15 is 0 Å². The van der Waals surface area contributed by atoms with E-state index < -0.39 is 5.91 Å². The Morgan fingerprint density at radius 1 is 1.11 bits per heavy atom. The first-order chi connectivity index (χ1) is 13.1. The Kier molecular flexibility index (Phi) is 4.62. The average Bonchev–Trinajstić information content (AvgIpc) is 3.35. The average molecular weight is 363 g/mol. The smallest absolute Gasteiger partial charge is 0.254 e. The Hall–Kier alpha value is -3.15. The van der Waals surface area contributed by atoms with E-state index in [-0.39, 0.29) is 18.5 Å². The summed E-state index contributed by atoms with van der Waals surface area (Å²) in [6.45, 7) is -0.0588. The molecule has 1 aliphatic carbocycles. The third-order valence-corrected chi connectivity index (χ3v) is 5.11. The minimum Gasteiger partial charge on any atom is -0.368 e. The van der Waals surface area contributed by atoms with E-state index in [9.17, 15) is 9.59 Å². The van der Waals surface area contributed by atoms with Gasteiger partial charge in [-0.25, -0.2) is 0 Å². The molecule has 2 amide bonds. The first kappa shape index (κ1) is 17.3. The maximum atomic E-state index is 13.1. The fraction of sp³-hybridized carbons (Fsp3) is 0.286. The van der Waals surface area contributed by atoms with Crippen molar-refractivity contribution in [1.82, 2.24) is 10.1 Å². The number of benzene rings is 2. The van der Waals surface area contributed by atoms with E-state index in [2.05, 4.69) is 5.16 Å². The highest BCUT2D eigenvalue weighted by Crippen LogP contribution is 2.30. The number of carbonyl (C=O) groups excluding carboxylic acids is 2. The van der Waals surface area contributed by atoms with Crippen LogP contribution in [0, 0.1) is 0 Å². The first-order valence-electron chi connectivity index (χ1n) is 9.17. The molecule has 0 radical (unpaired) electrons. The quantitative estimate of drug-likeness (QED) is 0.753. The van der Waals surface area contributed by atoms with Crippen molar-refractivity contribution in [2.45, 2.75) is 31.7 Å². The van der Waals surface area contributed by atoms with Crippen LogP contribution in [0.15, 0.2) is 53.1 Å². The lowest BCUT2D eigenvalue weighted by Crippen LogP contribution is -2.44. The van der Waals surface area contributed by atoms with Gasteiger partial charge in [0.15, 0.2) is 5.76 Å². The van der Waals surface area contributed by atoms with Gasteiger partial charge >= 0.3 is 0 Å². The van der Waals surface area contributed by atoms with E-state index in [0.717, 1.165) is 36.6 Å². The molecule has 0 bridgehead atoms. The van der Waals surface area contributed by atoms with Gasteiger partial charge in [0.05, 0.1) is 11.9 Å². The van der Waals surface area contributed by atoms with Crippen LogP contribution in [-0.4, -0.2) is 34.5 Å². The van der Waals surface area contributed by atoms with Gasteiger partial charge in [0, 0.05) is 17.2 Å². The molecule has 2 aromatic carbocycles. The molecule has 27 heavy (non-hydrogen) atoms. The molecule has 0 atom stereocenters. The molecule has 0 saturated heterocycles. The van der Waals surface area contributed by atoms with E-state index in [1.807, 2.05) is 30.3 Å². The molecule has 1 aromatic heterocycles. The van der Waals surface area contributed by atoms with Crippen LogP contribution < -0.4 is 5.73 Å². The zero-order chi connectivity index (χ0) is 18.8. The highest BCUT2D eigenvalue weighted by atomic mass is 16.5. The van der Waals surface area contributed by atoms with Crippen LogP contribution in [0.2, 0.25) is 0 Å². The van der Waals surface area contributed by atoms with Crippen molar-refractivity contribution < 1.29 is 14.1 Å². The van der Waals surface area contributed by atoms with Gasteiger partial charge in [-0.3, -0.25) is 9.59 Å². The zero-order valence-corrected chi connectivity index (χ0v) is 14.9. The predicted molar refractivity (Wildman–Crippen MR) is 102 cm³/mol. The lowest BCUT2D eigenvalue weighted by Gasteiger charge is -2.27. The molecule has 6 nitrogen and oxygen atoms in total. The Balaban J connectivity index is 1.71. The molecule has 1 heterocycles. The summed E-state index contributed by atoms with van der Waals surface area (Å²) in [6.07, 6.45) is 3.94. The monoisotopic (exact) mass is 363 g/mol. The Morgan fingerprint density at radius 3 is 2.56 bits per heavy atom. The molecular formula is C21H21N3O3. The van der Waals surface area contributed by atoms with Gasteiger partial charge in [-0.2, -0.15) is 0 Å². The molecule has 0 aliphatic heterocycles. The van der Waals surface area contributed by atoms with Gasteiger partial charge in [-0.15, -0.1) is 0 Å². The van der Waals surface area contributed by atoms with E-state index in [4.69, 9.17) is 10.3 Å². The van der Waals surface area contributed by atoms with E-state index in [1.54, 1.807) is 23.1 Å². The molecular weight excluding hydrogens is 342 g/mol. The van der Waals surface area contributed by atoms with Crippen LogP contribution in [0.3, 0.4) is 0 Å². The molecule has 1 saturated carbocycles. The number of hydrogen-bond acceptors (Lipinski definition) is 4. The number of hydrogen-bond donors (Lipinski definition) is 1. The van der Waals surface area contributed by atoms with Gasteiger partial charge in [-0.1, -0.05) is 48.3 Å². The molecule has 6 heteroatoms. The number of nitrogens with two attached hydrogens (primary N) is 1. The minimum absolute atomic E-state index is 0.0588. The maximum absolute atomic E-state index is 13.1. The summed E-state index contributed by atoms with van der Waals surface area (Å²) in [5.74, 6) is -0.0448. The van der Waals surface area contributed by atoms with Crippen LogP contribution in [0.4, 0.5) is 0 Å². The van der Waals surface area contributed by atoms with Crippen LogP contribution in [0.1, 0.15) is 36.0 Å². The van der Waals surface area contributed by atoms with Crippen molar-refractivity contribution >= 4 is 22.7 Å². The van der Waals surface area contributed by atoms with Gasteiger partial charge in [-0.05, 0) is 31.0 Å². The van der Waals surface area contributed by atoms with Crippen molar-refractivity contribution in [3.05, 3.63) is 54.1 Å². The molecule has 4 rings (SSSR count). The number of rotatable bonds is 5. The van der Waals surface area contributed by atoms with Crippen molar-refractivity contribution in [3.63, 3.8) is 0 Å². The second kappa shape index (κ2) is 7.23. The van der Waals surface area contributed by atoms with E-state index in [1.165, 1.54) is 0 Å². The van der Waals surface area contributed by atoms with Crippen LogP contribution in [0.25, 0.3) is 22.2 Å². The number of amides is 2. The minimum atomic E-state index is -0.494. The lowest BCUT2D eigenvalue weighted by atomic mass is 10.0. The summed E-state index contributed by atoms with van der Waals surface area (Å²) < 4.78 is 5.51. The Bertz CT molecular complexity index is 975. The summed E-state index contributed by atoms with van der Waals surface area (Å²) in [5.41, 5.74) is 7.49. The summed E-state index contributed by atoms with van der Waals surface area (Å²) in [4.78, 5) is 26.3. The number of nitrogens with zero attached hydrogens (tertiary/aromatic N) is 2. The first-order valence-corrected chi connectivity index (χ1v) is 9.17. The third-order valence-electron chi connectivity index (χ3n) is 5.11. The number of carbonyl (C=O) groups is 2. The van der Waals surface area contributed by atoms with Gasteiger partial charge < -0.3 is 15.2 Å². The predicted octanol–water partition coefficient (Wildman–Crippen LogP) is 3.36. The molecule has 1 fully saturated rings. The van der Waals surface area contributed by atoms with Crippen molar-refractivity contribution in [3.8, 4) is 11.3 Å². The zero-order valence-electron chi connectivity index (χ0n) is 14.9. The van der Waals surface area contributed by atoms with Crippen molar-refractivity contribution in [1.29, 1.82) is 0 Å². The summed E-state index contributed by atoms with van der Waals surface area (Å²) in [7, 11) is 0. The van der Waals surface area contributed by atoms with Crippen LogP contribution >= 0.6 is 0 Å². The molecule has 3 aromatic rings. The lowest BCUT2D eigenvalue weighted by molar-refractivity contribution is -0.119. The maximum Gasteiger partial charge on any atom is 0.254 e. The Morgan fingerprint density at radius 2 is 1.85 bits per heavy atom. The van der Waals surface area contributed by atoms with Gasteiger partial charge in [0.25, 0.3) is 5.91 Å². The normalized spacial score (nSPS) is 14.5. The largest absolute Gasteiger partial charge is 0.368 e. The second-order valence-electron chi connectivity index (χ2n) is 6.95. The van der Waals surface area contributed by atoms with Gasteiger partial charge in [0.1, 0.15) is 5.52 Å². The summed E-state index contributed by atoms with van der Waals surface area (Å²) in [5, 5.41) is 4.87. The molecule has 0 spiro atoms. The highest BCUT2D eigenvalue weighted by Gasteiger charge is 2.29. The topological polar surface area (TPSA) is 89.4 Å². The molecule has 2 N–H and O–H groups in total. The molecule has 1 aliphatic rings. The standard InChI is InChI=1S/C21H21N3O3/c22-19(25)13-24(16-8-4-5-9-16)21(26)15-10-11-18-17(12-15)20(27-23-18)14-6-2-1-3-7-14/h1-3,6-7,10-12,16H,4-5,8-9,13H2,(H2,22,25). The van der Waals surface area contributed by atoms with Crippen molar-refractivity contribution in [2.75, 3.05) is 6.54 Å². The highest BCUT2D eigenvalue weighted by molar-refractivity contribution is 6.02. The fourth-order valence-corrected chi connectivity index (χ4v) is 3.79. The second-order valence-corrected chi connectivity index (χ2v) is 6.95. The molecule has 0 unspecified atom stereocenters.